The second kappa shape index (κ2) is 10.1. The van der Waals surface area contributed by atoms with Crippen molar-refractivity contribution in [2.75, 3.05) is 32.8 Å². The summed E-state index contributed by atoms with van der Waals surface area (Å²) in [6.07, 6.45) is 4.36. The standard InChI is InChI=1S/C24H30N2O2/c1-3-4-24(27)26-16-14-25(15-17-26)19-22-9-7-21(8-10-22)13-18-28-23-11-5-20(2)6-12-23/h3-12H,13-19H2,1-2H3. The summed E-state index contributed by atoms with van der Waals surface area (Å²) < 4.78 is 5.82. The van der Waals surface area contributed by atoms with E-state index in [0.29, 0.717) is 6.61 Å². The van der Waals surface area contributed by atoms with Crippen molar-refractivity contribution in [3.05, 3.63) is 77.4 Å². The molecule has 0 saturated carbocycles. The van der Waals surface area contributed by atoms with Crippen molar-refractivity contribution in [1.29, 1.82) is 0 Å². The summed E-state index contributed by atoms with van der Waals surface area (Å²) in [6.45, 7) is 9.04. The number of benzene rings is 2. The van der Waals surface area contributed by atoms with E-state index in [9.17, 15) is 4.79 Å². The van der Waals surface area contributed by atoms with Gasteiger partial charge in [-0.15, -0.1) is 0 Å². The van der Waals surface area contributed by atoms with Gasteiger partial charge in [0.25, 0.3) is 0 Å². The smallest absolute Gasteiger partial charge is 0.246 e. The van der Waals surface area contributed by atoms with Crippen LogP contribution in [0.15, 0.2) is 60.7 Å². The third-order valence-corrected chi connectivity index (χ3v) is 5.10. The van der Waals surface area contributed by atoms with Gasteiger partial charge in [-0.2, -0.15) is 0 Å². The maximum absolute atomic E-state index is 11.9. The quantitative estimate of drug-likeness (QED) is 0.687. The Labute approximate surface area is 168 Å². The molecule has 1 fully saturated rings. The molecule has 4 nitrogen and oxygen atoms in total. The van der Waals surface area contributed by atoms with E-state index < -0.39 is 0 Å². The zero-order valence-electron chi connectivity index (χ0n) is 16.9. The Bertz CT molecular complexity index is 773. The van der Waals surface area contributed by atoms with E-state index in [1.54, 1.807) is 6.08 Å². The molecule has 3 rings (SSSR count). The van der Waals surface area contributed by atoms with E-state index in [-0.39, 0.29) is 5.91 Å². The van der Waals surface area contributed by atoms with Crippen LogP contribution in [0.3, 0.4) is 0 Å². The van der Waals surface area contributed by atoms with Crippen LogP contribution < -0.4 is 4.74 Å². The third-order valence-electron chi connectivity index (χ3n) is 5.10. The van der Waals surface area contributed by atoms with Crippen molar-refractivity contribution in [1.82, 2.24) is 9.80 Å². The van der Waals surface area contributed by atoms with E-state index in [0.717, 1.165) is 44.9 Å². The van der Waals surface area contributed by atoms with Crippen LogP contribution in [-0.2, 0) is 17.8 Å². The number of rotatable bonds is 7. The van der Waals surface area contributed by atoms with Gasteiger partial charge in [0.05, 0.1) is 6.61 Å². The summed E-state index contributed by atoms with van der Waals surface area (Å²) in [5.74, 6) is 1.05. The lowest BCUT2D eigenvalue weighted by atomic mass is 10.1. The van der Waals surface area contributed by atoms with Gasteiger partial charge in [0, 0.05) is 39.1 Å². The highest BCUT2D eigenvalue weighted by molar-refractivity contribution is 5.87. The Kier molecular flexibility index (Phi) is 7.26. The topological polar surface area (TPSA) is 32.8 Å². The molecule has 0 aromatic heterocycles. The summed E-state index contributed by atoms with van der Waals surface area (Å²) in [7, 11) is 0. The minimum atomic E-state index is 0.124. The number of allylic oxidation sites excluding steroid dienone is 1. The predicted octanol–water partition coefficient (Wildman–Crippen LogP) is 3.84. The lowest BCUT2D eigenvalue weighted by Gasteiger charge is -2.34. The maximum atomic E-state index is 11.9. The van der Waals surface area contributed by atoms with Crippen LogP contribution in [0.4, 0.5) is 0 Å². The molecule has 0 N–H and O–H groups in total. The van der Waals surface area contributed by atoms with Crippen LogP contribution in [0, 0.1) is 6.92 Å². The second-order valence-corrected chi connectivity index (χ2v) is 7.33. The molecule has 1 heterocycles. The molecule has 148 valence electrons. The van der Waals surface area contributed by atoms with E-state index in [1.807, 2.05) is 30.0 Å². The molecule has 0 aliphatic carbocycles. The fourth-order valence-electron chi connectivity index (χ4n) is 3.37. The van der Waals surface area contributed by atoms with Gasteiger partial charge in [0.1, 0.15) is 5.75 Å². The summed E-state index contributed by atoms with van der Waals surface area (Å²) in [5, 5.41) is 0. The zero-order valence-corrected chi connectivity index (χ0v) is 16.9. The van der Waals surface area contributed by atoms with Gasteiger partial charge >= 0.3 is 0 Å². The third kappa shape index (κ3) is 5.96. The molecule has 28 heavy (non-hydrogen) atoms. The number of hydrogen-bond donors (Lipinski definition) is 0. The Hall–Kier alpha value is -2.59. The molecule has 2 aromatic rings. The Balaban J connectivity index is 1.41. The highest BCUT2D eigenvalue weighted by Crippen LogP contribution is 2.14. The summed E-state index contributed by atoms with van der Waals surface area (Å²) >= 11 is 0. The summed E-state index contributed by atoms with van der Waals surface area (Å²) in [4.78, 5) is 16.2. The molecule has 0 spiro atoms. The van der Waals surface area contributed by atoms with Crippen molar-refractivity contribution in [3.8, 4) is 5.75 Å². The number of nitrogens with zero attached hydrogens (tertiary/aromatic N) is 2. The van der Waals surface area contributed by atoms with Crippen LogP contribution in [0.25, 0.3) is 0 Å². The Morgan fingerprint density at radius 1 is 0.964 bits per heavy atom. The van der Waals surface area contributed by atoms with E-state index >= 15 is 0 Å². The first-order valence-corrected chi connectivity index (χ1v) is 10.1. The largest absolute Gasteiger partial charge is 0.493 e. The van der Waals surface area contributed by atoms with Crippen LogP contribution in [-0.4, -0.2) is 48.5 Å². The number of aryl methyl sites for hydroxylation is 1. The Morgan fingerprint density at radius 2 is 1.61 bits per heavy atom. The first-order valence-electron chi connectivity index (χ1n) is 10.1. The molecule has 0 atom stereocenters. The average molecular weight is 379 g/mol. The molecule has 2 aromatic carbocycles. The molecule has 1 aliphatic heterocycles. The molecule has 0 unspecified atom stereocenters. The van der Waals surface area contributed by atoms with E-state index in [1.165, 1.54) is 16.7 Å². The average Bonchev–Trinajstić information content (AvgIpc) is 2.71. The number of piperazine rings is 1. The fourth-order valence-corrected chi connectivity index (χ4v) is 3.37. The van der Waals surface area contributed by atoms with E-state index in [2.05, 4.69) is 48.2 Å². The molecule has 1 saturated heterocycles. The van der Waals surface area contributed by atoms with Crippen molar-refractivity contribution in [3.63, 3.8) is 0 Å². The monoisotopic (exact) mass is 378 g/mol. The van der Waals surface area contributed by atoms with Gasteiger partial charge in [-0.25, -0.2) is 0 Å². The van der Waals surface area contributed by atoms with Gasteiger partial charge in [-0.1, -0.05) is 48.0 Å². The zero-order chi connectivity index (χ0) is 19.8. The first-order chi connectivity index (χ1) is 13.6. The maximum Gasteiger partial charge on any atom is 0.246 e. The van der Waals surface area contributed by atoms with Crippen molar-refractivity contribution in [2.45, 2.75) is 26.8 Å². The molecular formula is C24H30N2O2. The van der Waals surface area contributed by atoms with Gasteiger partial charge in [-0.05, 0) is 43.2 Å². The van der Waals surface area contributed by atoms with Gasteiger partial charge in [0.15, 0.2) is 0 Å². The second-order valence-electron chi connectivity index (χ2n) is 7.33. The molecule has 4 heteroatoms. The van der Waals surface area contributed by atoms with Crippen LogP contribution >= 0.6 is 0 Å². The normalized spacial score (nSPS) is 15.1. The first kappa shape index (κ1) is 20.2. The molecular weight excluding hydrogens is 348 g/mol. The van der Waals surface area contributed by atoms with Crippen LogP contribution in [0.2, 0.25) is 0 Å². The SMILES string of the molecule is CC=CC(=O)N1CCN(Cc2ccc(CCOc3ccc(C)cc3)cc2)CC1. The highest BCUT2D eigenvalue weighted by Gasteiger charge is 2.19. The lowest BCUT2D eigenvalue weighted by Crippen LogP contribution is -2.47. The molecule has 0 bridgehead atoms. The lowest BCUT2D eigenvalue weighted by molar-refractivity contribution is -0.127. The predicted molar refractivity (Wildman–Crippen MR) is 113 cm³/mol. The molecule has 1 amide bonds. The van der Waals surface area contributed by atoms with Crippen LogP contribution in [0.5, 0.6) is 5.75 Å². The minimum absolute atomic E-state index is 0.124. The number of ether oxygens (including phenoxy) is 1. The van der Waals surface area contributed by atoms with Gasteiger partial charge in [0.2, 0.25) is 5.91 Å². The number of amides is 1. The van der Waals surface area contributed by atoms with Crippen molar-refractivity contribution >= 4 is 5.91 Å². The summed E-state index contributed by atoms with van der Waals surface area (Å²) in [5.41, 5.74) is 3.85. The van der Waals surface area contributed by atoms with Gasteiger partial charge < -0.3 is 9.64 Å². The fraction of sp³-hybridized carbons (Fsp3) is 0.375. The number of carbonyl (C=O) groups excluding carboxylic acids is 1. The van der Waals surface area contributed by atoms with E-state index in [4.69, 9.17) is 4.74 Å². The van der Waals surface area contributed by atoms with Gasteiger partial charge in [-0.3, -0.25) is 9.69 Å². The molecule has 1 aliphatic rings. The Morgan fingerprint density at radius 3 is 2.25 bits per heavy atom. The minimum Gasteiger partial charge on any atom is -0.493 e. The van der Waals surface area contributed by atoms with Crippen molar-refractivity contribution < 1.29 is 9.53 Å². The van der Waals surface area contributed by atoms with Crippen LogP contribution in [0.1, 0.15) is 23.6 Å². The molecule has 0 radical (unpaired) electrons. The number of hydrogen-bond acceptors (Lipinski definition) is 3. The number of carbonyl (C=O) groups is 1. The highest BCUT2D eigenvalue weighted by atomic mass is 16.5. The summed E-state index contributed by atoms with van der Waals surface area (Å²) in [6, 6.07) is 17.0. The van der Waals surface area contributed by atoms with Crippen molar-refractivity contribution in [2.24, 2.45) is 0 Å².